The molecule has 0 fully saturated rings. The first-order valence-corrected chi connectivity index (χ1v) is 4.97. The summed E-state index contributed by atoms with van der Waals surface area (Å²) < 4.78 is 15.1. The van der Waals surface area contributed by atoms with E-state index in [-0.39, 0.29) is 5.82 Å². The van der Waals surface area contributed by atoms with Crippen molar-refractivity contribution >= 4 is 11.6 Å². The number of halogens is 2. The van der Waals surface area contributed by atoms with Gasteiger partial charge in [-0.2, -0.15) is 5.10 Å². The molecule has 0 aliphatic rings. The second-order valence-corrected chi connectivity index (χ2v) is 3.80. The number of benzene rings is 1. The molecule has 0 N–H and O–H groups in total. The van der Waals surface area contributed by atoms with Crippen molar-refractivity contribution in [2.45, 2.75) is 13.5 Å². The second-order valence-electron chi connectivity index (χ2n) is 3.37. The van der Waals surface area contributed by atoms with Crippen molar-refractivity contribution in [1.82, 2.24) is 9.78 Å². The predicted octanol–water partition coefficient (Wildman–Crippen LogP) is 3.03. The van der Waals surface area contributed by atoms with Crippen molar-refractivity contribution in [2.75, 3.05) is 0 Å². The highest BCUT2D eigenvalue weighted by Crippen LogP contribution is 2.16. The maximum Gasteiger partial charge on any atom is 0.128 e. The molecule has 0 unspecified atom stereocenters. The van der Waals surface area contributed by atoms with Crippen LogP contribution in [0.15, 0.2) is 30.5 Å². The zero-order chi connectivity index (χ0) is 10.8. The third kappa shape index (κ3) is 2.18. The number of rotatable bonds is 2. The molecule has 15 heavy (non-hydrogen) atoms. The Balaban J connectivity index is 2.32. The molecule has 1 aromatic heterocycles. The molecule has 0 saturated heterocycles. The Kier molecular flexibility index (Phi) is 2.73. The Morgan fingerprint density at radius 2 is 2.20 bits per heavy atom. The van der Waals surface area contributed by atoms with E-state index in [1.165, 1.54) is 12.1 Å². The predicted molar refractivity (Wildman–Crippen MR) is 57.5 cm³/mol. The lowest BCUT2D eigenvalue weighted by Crippen LogP contribution is -2.05. The van der Waals surface area contributed by atoms with E-state index in [0.29, 0.717) is 17.1 Å². The fraction of sp³-hybridized carbons (Fsp3) is 0.182. The van der Waals surface area contributed by atoms with Gasteiger partial charge in [-0.3, -0.25) is 4.68 Å². The molecule has 4 heteroatoms. The Hall–Kier alpha value is -1.35. The Morgan fingerprint density at radius 3 is 2.87 bits per heavy atom. The smallest absolute Gasteiger partial charge is 0.128 e. The van der Waals surface area contributed by atoms with Crippen molar-refractivity contribution in [3.8, 4) is 0 Å². The Morgan fingerprint density at radius 1 is 1.40 bits per heavy atom. The monoisotopic (exact) mass is 224 g/mol. The van der Waals surface area contributed by atoms with E-state index in [9.17, 15) is 4.39 Å². The molecule has 2 aromatic rings. The van der Waals surface area contributed by atoms with Crippen molar-refractivity contribution in [2.24, 2.45) is 0 Å². The molecular weight excluding hydrogens is 215 g/mol. The van der Waals surface area contributed by atoms with Crippen LogP contribution >= 0.6 is 11.6 Å². The van der Waals surface area contributed by atoms with E-state index in [1.807, 2.05) is 13.0 Å². The minimum atomic E-state index is -0.255. The van der Waals surface area contributed by atoms with Crippen LogP contribution in [0.1, 0.15) is 11.3 Å². The normalized spacial score (nSPS) is 10.6. The largest absolute Gasteiger partial charge is 0.265 e. The summed E-state index contributed by atoms with van der Waals surface area (Å²) >= 11 is 5.80. The van der Waals surface area contributed by atoms with Gasteiger partial charge in [0.25, 0.3) is 0 Å². The van der Waals surface area contributed by atoms with Crippen LogP contribution in [0.3, 0.4) is 0 Å². The molecule has 0 bridgehead atoms. The van der Waals surface area contributed by atoms with Crippen LogP contribution in [0.25, 0.3) is 0 Å². The van der Waals surface area contributed by atoms with Crippen LogP contribution in [0.5, 0.6) is 0 Å². The van der Waals surface area contributed by atoms with Gasteiger partial charge in [0.2, 0.25) is 0 Å². The summed E-state index contributed by atoms with van der Waals surface area (Å²) in [6.45, 7) is 2.33. The lowest BCUT2D eigenvalue weighted by molar-refractivity contribution is 0.580. The quantitative estimate of drug-likeness (QED) is 0.767. The maximum atomic E-state index is 13.4. The molecule has 0 radical (unpaired) electrons. The van der Waals surface area contributed by atoms with Crippen molar-refractivity contribution in [1.29, 1.82) is 0 Å². The Labute approximate surface area is 92.3 Å². The van der Waals surface area contributed by atoms with Crippen LogP contribution in [0.4, 0.5) is 4.39 Å². The van der Waals surface area contributed by atoms with Gasteiger partial charge in [0.05, 0.1) is 6.54 Å². The number of hydrogen-bond donors (Lipinski definition) is 0. The highest BCUT2D eigenvalue weighted by atomic mass is 35.5. The van der Waals surface area contributed by atoms with E-state index in [2.05, 4.69) is 5.10 Å². The summed E-state index contributed by atoms with van der Waals surface area (Å²) in [6.07, 6.45) is 1.69. The van der Waals surface area contributed by atoms with Gasteiger partial charge in [-0.25, -0.2) is 4.39 Å². The van der Waals surface area contributed by atoms with Gasteiger partial charge in [0.15, 0.2) is 0 Å². The number of hydrogen-bond acceptors (Lipinski definition) is 1. The van der Waals surface area contributed by atoms with Crippen molar-refractivity contribution < 1.29 is 4.39 Å². The van der Waals surface area contributed by atoms with Crippen LogP contribution in [0.2, 0.25) is 5.02 Å². The summed E-state index contributed by atoms with van der Waals surface area (Å²) in [4.78, 5) is 0. The number of nitrogens with zero attached hydrogens (tertiary/aromatic N) is 2. The highest BCUT2D eigenvalue weighted by Gasteiger charge is 2.05. The molecule has 0 atom stereocenters. The highest BCUT2D eigenvalue weighted by molar-refractivity contribution is 6.30. The van der Waals surface area contributed by atoms with Gasteiger partial charge < -0.3 is 0 Å². The van der Waals surface area contributed by atoms with Gasteiger partial charge in [0, 0.05) is 22.5 Å². The van der Waals surface area contributed by atoms with Gasteiger partial charge in [-0.15, -0.1) is 0 Å². The van der Waals surface area contributed by atoms with Crippen LogP contribution < -0.4 is 0 Å². The fourth-order valence-corrected chi connectivity index (χ4v) is 1.58. The van der Waals surface area contributed by atoms with Crippen LogP contribution in [0, 0.1) is 12.7 Å². The molecule has 0 saturated carbocycles. The summed E-state index contributed by atoms with van der Waals surface area (Å²) in [6, 6.07) is 6.41. The van der Waals surface area contributed by atoms with Gasteiger partial charge in [0.1, 0.15) is 5.82 Å². The number of aromatic nitrogens is 2. The standard InChI is InChI=1S/C11H10ClFN2/c1-8-4-5-14-15(8)7-9-6-10(12)2-3-11(9)13/h2-6H,7H2,1H3. The summed E-state index contributed by atoms with van der Waals surface area (Å²) in [5.74, 6) is -0.255. The molecule has 0 amide bonds. The van der Waals surface area contributed by atoms with Crippen molar-refractivity contribution in [3.05, 3.63) is 52.6 Å². The van der Waals surface area contributed by atoms with E-state index in [4.69, 9.17) is 11.6 Å². The second kappa shape index (κ2) is 4.03. The first-order chi connectivity index (χ1) is 7.16. The lowest BCUT2D eigenvalue weighted by Gasteiger charge is -2.06. The van der Waals surface area contributed by atoms with E-state index in [1.54, 1.807) is 16.9 Å². The SMILES string of the molecule is Cc1ccnn1Cc1cc(Cl)ccc1F. The summed E-state index contributed by atoms with van der Waals surface area (Å²) in [7, 11) is 0. The molecule has 1 aromatic carbocycles. The topological polar surface area (TPSA) is 17.8 Å². The minimum Gasteiger partial charge on any atom is -0.265 e. The average molecular weight is 225 g/mol. The molecule has 2 rings (SSSR count). The number of aryl methyl sites for hydroxylation is 1. The van der Waals surface area contributed by atoms with Gasteiger partial charge in [-0.1, -0.05) is 11.6 Å². The lowest BCUT2D eigenvalue weighted by atomic mass is 10.2. The molecule has 0 spiro atoms. The molecule has 78 valence electrons. The van der Waals surface area contributed by atoms with Crippen molar-refractivity contribution in [3.63, 3.8) is 0 Å². The third-order valence-electron chi connectivity index (χ3n) is 2.26. The first kappa shape index (κ1) is 10.2. The van der Waals surface area contributed by atoms with E-state index >= 15 is 0 Å². The van der Waals surface area contributed by atoms with Crippen LogP contribution in [-0.2, 0) is 6.54 Å². The summed E-state index contributed by atoms with van der Waals surface area (Å²) in [5, 5.41) is 4.63. The van der Waals surface area contributed by atoms with Gasteiger partial charge in [-0.05, 0) is 31.2 Å². The first-order valence-electron chi connectivity index (χ1n) is 4.59. The minimum absolute atomic E-state index is 0.255. The molecule has 1 heterocycles. The maximum absolute atomic E-state index is 13.4. The fourth-order valence-electron chi connectivity index (χ4n) is 1.39. The average Bonchev–Trinajstić information content (AvgIpc) is 2.58. The zero-order valence-corrected chi connectivity index (χ0v) is 9.00. The van der Waals surface area contributed by atoms with Gasteiger partial charge >= 0.3 is 0 Å². The van der Waals surface area contributed by atoms with Crippen LogP contribution in [-0.4, -0.2) is 9.78 Å². The molecule has 0 aliphatic heterocycles. The van der Waals surface area contributed by atoms with E-state index < -0.39 is 0 Å². The summed E-state index contributed by atoms with van der Waals surface area (Å²) in [5.41, 5.74) is 1.55. The third-order valence-corrected chi connectivity index (χ3v) is 2.49. The molecule has 2 nitrogen and oxygen atoms in total. The van der Waals surface area contributed by atoms with E-state index in [0.717, 1.165) is 5.69 Å². The zero-order valence-electron chi connectivity index (χ0n) is 8.24. The molecular formula is C11H10ClFN2. The molecule has 0 aliphatic carbocycles. The Bertz CT molecular complexity index is 479.